The van der Waals surface area contributed by atoms with Gasteiger partial charge in [-0.3, -0.25) is 9.36 Å². The summed E-state index contributed by atoms with van der Waals surface area (Å²) in [7, 11) is 1.64. The highest BCUT2D eigenvalue weighted by molar-refractivity contribution is 8.00. The summed E-state index contributed by atoms with van der Waals surface area (Å²) in [6, 6.07) is 27.8. The molecule has 4 aromatic rings. The first-order valence-electron chi connectivity index (χ1n) is 10.9. The lowest BCUT2D eigenvalue weighted by Crippen LogP contribution is -2.29. The number of benzene rings is 3. The molecular formula is C26H24N4O2S. The standard InChI is InChI=1S/C26H24N4O2S/c1-32-22-15-9-8-14-21(22)24-28-29-26(30(24)20-12-6-3-7-13-20)33-23(18-10-4-2-5-11-18)25(31)27-19-16-17-19/h2-15,19,23H,16-17H2,1H3,(H,27,31)/t23-/m0/s1. The molecule has 5 rings (SSSR count). The Kier molecular flexibility index (Phi) is 6.13. The van der Waals surface area contributed by atoms with Crippen molar-refractivity contribution in [3.05, 3.63) is 90.5 Å². The smallest absolute Gasteiger partial charge is 0.238 e. The average molecular weight is 457 g/mol. The van der Waals surface area contributed by atoms with Crippen LogP contribution in [0.15, 0.2) is 90.1 Å². The van der Waals surface area contributed by atoms with Crippen molar-refractivity contribution in [2.75, 3.05) is 7.11 Å². The van der Waals surface area contributed by atoms with E-state index in [9.17, 15) is 4.79 Å². The Labute approximate surface area is 197 Å². The van der Waals surface area contributed by atoms with E-state index < -0.39 is 5.25 Å². The van der Waals surface area contributed by atoms with Gasteiger partial charge >= 0.3 is 0 Å². The molecule has 1 fully saturated rings. The fourth-order valence-corrected chi connectivity index (χ4v) is 4.74. The second kappa shape index (κ2) is 9.50. The summed E-state index contributed by atoms with van der Waals surface area (Å²) in [5.41, 5.74) is 2.68. The van der Waals surface area contributed by atoms with Crippen LogP contribution in [-0.4, -0.2) is 33.8 Å². The van der Waals surface area contributed by atoms with Gasteiger partial charge in [0.05, 0.1) is 12.7 Å². The molecule has 0 bridgehead atoms. The van der Waals surface area contributed by atoms with Gasteiger partial charge in [0.25, 0.3) is 0 Å². The predicted molar refractivity (Wildman–Crippen MR) is 130 cm³/mol. The summed E-state index contributed by atoms with van der Waals surface area (Å²) < 4.78 is 7.58. The number of rotatable bonds is 8. The molecule has 1 aromatic heterocycles. The highest BCUT2D eigenvalue weighted by atomic mass is 32.2. The van der Waals surface area contributed by atoms with E-state index in [1.54, 1.807) is 7.11 Å². The first kappa shape index (κ1) is 21.3. The third kappa shape index (κ3) is 4.64. The third-order valence-corrected chi connectivity index (χ3v) is 6.68. The summed E-state index contributed by atoms with van der Waals surface area (Å²) in [6.45, 7) is 0. The molecule has 1 aliphatic rings. The molecule has 0 spiro atoms. The Bertz CT molecular complexity index is 1240. The topological polar surface area (TPSA) is 69.0 Å². The van der Waals surface area contributed by atoms with Gasteiger partial charge in [0.1, 0.15) is 11.0 Å². The summed E-state index contributed by atoms with van der Waals surface area (Å²) in [5, 5.41) is 12.4. The SMILES string of the molecule is COc1ccccc1-c1nnc(S[C@H](C(=O)NC2CC2)c2ccccc2)n1-c1ccccc1. The van der Waals surface area contributed by atoms with E-state index in [1.165, 1.54) is 11.8 Å². The van der Waals surface area contributed by atoms with Crippen molar-refractivity contribution in [1.82, 2.24) is 20.1 Å². The van der Waals surface area contributed by atoms with Crippen molar-refractivity contribution in [3.63, 3.8) is 0 Å². The van der Waals surface area contributed by atoms with Crippen molar-refractivity contribution in [2.45, 2.75) is 29.3 Å². The van der Waals surface area contributed by atoms with Gasteiger partial charge in [0.2, 0.25) is 5.91 Å². The van der Waals surface area contributed by atoms with Gasteiger partial charge in [-0.05, 0) is 42.7 Å². The molecule has 3 aromatic carbocycles. The van der Waals surface area contributed by atoms with Crippen LogP contribution in [0.4, 0.5) is 0 Å². The number of hydrogen-bond acceptors (Lipinski definition) is 5. The molecular weight excluding hydrogens is 432 g/mol. The summed E-state index contributed by atoms with van der Waals surface area (Å²) in [4.78, 5) is 13.2. The van der Waals surface area contributed by atoms with Gasteiger partial charge in [-0.1, -0.05) is 72.4 Å². The van der Waals surface area contributed by atoms with Crippen molar-refractivity contribution in [1.29, 1.82) is 0 Å². The van der Waals surface area contributed by atoms with Crippen LogP contribution in [0, 0.1) is 0 Å². The normalized spacial score (nSPS) is 14.0. The fourth-order valence-electron chi connectivity index (χ4n) is 3.67. The Hall–Kier alpha value is -3.58. The van der Waals surface area contributed by atoms with Crippen LogP contribution in [0.2, 0.25) is 0 Å². The summed E-state index contributed by atoms with van der Waals surface area (Å²) in [6.07, 6.45) is 2.08. The largest absolute Gasteiger partial charge is 0.496 e. The van der Waals surface area contributed by atoms with Gasteiger partial charge in [-0.2, -0.15) is 0 Å². The number of hydrogen-bond donors (Lipinski definition) is 1. The highest BCUT2D eigenvalue weighted by Gasteiger charge is 2.31. The van der Waals surface area contributed by atoms with E-state index in [1.807, 2.05) is 89.5 Å². The second-order valence-corrected chi connectivity index (χ2v) is 8.94. The molecule has 0 unspecified atom stereocenters. The molecule has 0 radical (unpaired) electrons. The Morgan fingerprint density at radius 3 is 2.33 bits per heavy atom. The zero-order valence-electron chi connectivity index (χ0n) is 18.2. The van der Waals surface area contributed by atoms with Crippen LogP contribution >= 0.6 is 11.8 Å². The maximum Gasteiger partial charge on any atom is 0.238 e. The molecule has 1 aliphatic carbocycles. The van der Waals surface area contributed by atoms with E-state index >= 15 is 0 Å². The van der Waals surface area contributed by atoms with E-state index in [0.29, 0.717) is 16.7 Å². The maximum atomic E-state index is 13.2. The molecule has 1 saturated carbocycles. The van der Waals surface area contributed by atoms with Crippen LogP contribution in [0.5, 0.6) is 5.75 Å². The monoisotopic (exact) mass is 456 g/mol. The van der Waals surface area contributed by atoms with E-state index in [0.717, 1.165) is 29.7 Å². The fraction of sp³-hybridized carbons (Fsp3) is 0.192. The molecule has 166 valence electrons. The predicted octanol–water partition coefficient (Wildman–Crippen LogP) is 5.05. The number of ether oxygens (including phenoxy) is 1. The van der Waals surface area contributed by atoms with Gasteiger partial charge in [-0.15, -0.1) is 10.2 Å². The Morgan fingerprint density at radius 2 is 1.64 bits per heavy atom. The Morgan fingerprint density at radius 1 is 0.970 bits per heavy atom. The minimum absolute atomic E-state index is 0.00449. The number of carbonyl (C=O) groups is 1. The molecule has 1 N–H and O–H groups in total. The number of nitrogens with zero attached hydrogens (tertiary/aromatic N) is 3. The van der Waals surface area contributed by atoms with Crippen molar-refractivity contribution >= 4 is 17.7 Å². The third-order valence-electron chi connectivity index (χ3n) is 5.48. The maximum absolute atomic E-state index is 13.2. The van der Waals surface area contributed by atoms with Crippen LogP contribution in [-0.2, 0) is 4.79 Å². The van der Waals surface area contributed by atoms with Crippen molar-refractivity contribution in [2.24, 2.45) is 0 Å². The quantitative estimate of drug-likeness (QED) is 0.376. The zero-order valence-corrected chi connectivity index (χ0v) is 19.0. The van der Waals surface area contributed by atoms with Gasteiger partial charge < -0.3 is 10.1 Å². The summed E-state index contributed by atoms with van der Waals surface area (Å²) in [5.74, 6) is 1.37. The second-order valence-electron chi connectivity index (χ2n) is 7.87. The molecule has 0 aliphatic heterocycles. The lowest BCUT2D eigenvalue weighted by Gasteiger charge is -2.18. The first-order valence-corrected chi connectivity index (χ1v) is 11.8. The number of methoxy groups -OCH3 is 1. The molecule has 1 amide bonds. The van der Waals surface area contributed by atoms with Gasteiger partial charge in [0, 0.05) is 11.7 Å². The van der Waals surface area contributed by atoms with Gasteiger partial charge in [0.15, 0.2) is 11.0 Å². The number of para-hydroxylation sites is 2. The number of carbonyl (C=O) groups excluding carboxylic acids is 1. The van der Waals surface area contributed by atoms with Crippen LogP contribution in [0.3, 0.4) is 0 Å². The number of aromatic nitrogens is 3. The lowest BCUT2D eigenvalue weighted by atomic mass is 10.1. The van der Waals surface area contributed by atoms with Crippen molar-refractivity contribution < 1.29 is 9.53 Å². The van der Waals surface area contributed by atoms with Crippen molar-refractivity contribution in [3.8, 4) is 22.8 Å². The summed E-state index contributed by atoms with van der Waals surface area (Å²) >= 11 is 1.41. The molecule has 33 heavy (non-hydrogen) atoms. The molecule has 7 heteroatoms. The molecule has 6 nitrogen and oxygen atoms in total. The van der Waals surface area contributed by atoms with Gasteiger partial charge in [-0.25, -0.2) is 0 Å². The number of amides is 1. The number of thioether (sulfide) groups is 1. The lowest BCUT2D eigenvalue weighted by molar-refractivity contribution is -0.120. The number of nitrogens with one attached hydrogen (secondary N) is 1. The molecule has 1 atom stereocenters. The Balaban J connectivity index is 1.59. The average Bonchev–Trinajstić information content (AvgIpc) is 3.59. The van der Waals surface area contributed by atoms with Crippen LogP contribution in [0.1, 0.15) is 23.7 Å². The minimum Gasteiger partial charge on any atom is -0.496 e. The zero-order chi connectivity index (χ0) is 22.6. The van der Waals surface area contributed by atoms with E-state index in [-0.39, 0.29) is 11.9 Å². The molecule has 0 saturated heterocycles. The molecule has 1 heterocycles. The minimum atomic E-state index is -0.441. The van der Waals surface area contributed by atoms with Crippen LogP contribution < -0.4 is 10.1 Å². The van der Waals surface area contributed by atoms with E-state index in [4.69, 9.17) is 4.74 Å². The van der Waals surface area contributed by atoms with Crippen LogP contribution in [0.25, 0.3) is 17.1 Å². The first-order chi connectivity index (χ1) is 16.2. The van der Waals surface area contributed by atoms with E-state index in [2.05, 4.69) is 15.5 Å². The highest BCUT2D eigenvalue weighted by Crippen LogP contribution is 2.39.